The van der Waals surface area contributed by atoms with Crippen LogP contribution in [0.3, 0.4) is 0 Å². The zero-order chi connectivity index (χ0) is 29.7. The van der Waals surface area contributed by atoms with Crippen LogP contribution >= 0.6 is 0 Å². The molecule has 3 heterocycles. The Morgan fingerprint density at radius 3 is 2.17 bits per heavy atom. The summed E-state index contributed by atoms with van der Waals surface area (Å²) in [6.45, 7) is 10.9. The van der Waals surface area contributed by atoms with Crippen molar-refractivity contribution in [2.24, 2.45) is 5.92 Å². The lowest BCUT2D eigenvalue weighted by atomic mass is 9.80. The molecule has 2 aromatic carbocycles. The molecule has 226 valence electrons. The van der Waals surface area contributed by atoms with E-state index in [-0.39, 0.29) is 17.7 Å². The van der Waals surface area contributed by atoms with Gasteiger partial charge in [0.05, 0.1) is 0 Å². The van der Waals surface area contributed by atoms with Gasteiger partial charge in [-0.2, -0.15) is 0 Å². The summed E-state index contributed by atoms with van der Waals surface area (Å²) in [7, 11) is 0. The average molecular weight is 575 g/mol. The summed E-state index contributed by atoms with van der Waals surface area (Å²) in [6, 6.07) is 15.1. The smallest absolute Gasteiger partial charge is 0.253 e. The highest BCUT2D eigenvalue weighted by Crippen LogP contribution is 2.35. The van der Waals surface area contributed by atoms with E-state index < -0.39 is 11.6 Å². The third kappa shape index (κ3) is 6.64. The molecule has 5 rings (SSSR count). The Bertz CT molecular complexity index is 1230. The largest absolute Gasteiger partial charge is 0.457 e. The molecule has 42 heavy (non-hydrogen) atoms. The molecule has 0 unspecified atom stereocenters. The first-order chi connectivity index (χ1) is 20.3. The first-order valence-electron chi connectivity index (χ1n) is 15.8. The maximum Gasteiger partial charge on any atom is 0.253 e. The fourth-order valence-electron chi connectivity index (χ4n) is 6.55. The maximum atomic E-state index is 13.5. The first kappa shape index (κ1) is 30.1. The van der Waals surface area contributed by atoms with E-state index in [4.69, 9.17) is 4.74 Å². The number of carbonyl (C=O) groups excluding carboxylic acids is 3. The van der Waals surface area contributed by atoms with Crippen LogP contribution in [-0.4, -0.2) is 76.7 Å². The highest BCUT2D eigenvalue weighted by atomic mass is 16.5. The molecule has 0 bridgehead atoms. The van der Waals surface area contributed by atoms with Gasteiger partial charge in [-0.05, 0) is 86.4 Å². The normalized spacial score (nSPS) is 20.8. The van der Waals surface area contributed by atoms with Gasteiger partial charge in [0.15, 0.2) is 0 Å². The van der Waals surface area contributed by atoms with Gasteiger partial charge in [-0.3, -0.25) is 19.3 Å². The van der Waals surface area contributed by atoms with Gasteiger partial charge in [0.2, 0.25) is 11.8 Å². The number of amides is 3. The van der Waals surface area contributed by atoms with Crippen LogP contribution < -0.4 is 10.1 Å². The van der Waals surface area contributed by atoms with Gasteiger partial charge in [0.1, 0.15) is 23.1 Å². The summed E-state index contributed by atoms with van der Waals surface area (Å²) in [5.41, 5.74) is 1.14. The van der Waals surface area contributed by atoms with Gasteiger partial charge < -0.3 is 19.9 Å². The molecule has 3 saturated heterocycles. The van der Waals surface area contributed by atoms with Crippen molar-refractivity contribution >= 4 is 17.7 Å². The molecular weight excluding hydrogens is 528 g/mol. The maximum absolute atomic E-state index is 13.5. The number of ether oxygens (including phenoxy) is 1. The van der Waals surface area contributed by atoms with Gasteiger partial charge in [0, 0.05) is 44.8 Å². The average Bonchev–Trinajstić information content (AvgIpc) is 3.53. The zero-order valence-electron chi connectivity index (χ0n) is 25.4. The van der Waals surface area contributed by atoms with Crippen molar-refractivity contribution in [2.75, 3.05) is 32.7 Å². The number of unbranched alkanes of at least 4 members (excludes halogenated alkanes) is 1. The Labute approximate surface area is 250 Å². The summed E-state index contributed by atoms with van der Waals surface area (Å²) in [5, 5.41) is 3.09. The molecule has 3 amide bonds. The Balaban J connectivity index is 1.16. The fraction of sp³-hybridized carbons (Fsp3) is 0.559. The number of nitrogens with one attached hydrogen (secondary N) is 1. The van der Waals surface area contributed by atoms with Crippen molar-refractivity contribution < 1.29 is 19.1 Å². The van der Waals surface area contributed by atoms with Crippen molar-refractivity contribution in [2.45, 2.75) is 83.8 Å². The van der Waals surface area contributed by atoms with Gasteiger partial charge in [0.25, 0.3) is 5.91 Å². The number of rotatable bonds is 10. The minimum Gasteiger partial charge on any atom is -0.457 e. The van der Waals surface area contributed by atoms with Gasteiger partial charge in [-0.25, -0.2) is 0 Å². The molecule has 0 aliphatic carbocycles. The van der Waals surface area contributed by atoms with Gasteiger partial charge >= 0.3 is 0 Å². The molecule has 0 saturated carbocycles. The van der Waals surface area contributed by atoms with Gasteiger partial charge in [-0.15, -0.1) is 0 Å². The summed E-state index contributed by atoms with van der Waals surface area (Å²) in [5.74, 6) is 2.00. The van der Waals surface area contributed by atoms with E-state index in [1.54, 1.807) is 0 Å². The highest BCUT2D eigenvalue weighted by Gasteiger charge is 2.53. The van der Waals surface area contributed by atoms with Crippen LogP contribution in [0.15, 0.2) is 48.5 Å². The molecule has 1 atom stereocenters. The molecule has 1 spiro atoms. The summed E-state index contributed by atoms with van der Waals surface area (Å²) in [4.78, 5) is 45.8. The van der Waals surface area contributed by atoms with Crippen LogP contribution in [-0.2, 0) is 16.1 Å². The van der Waals surface area contributed by atoms with Gasteiger partial charge in [-0.1, -0.05) is 39.3 Å². The predicted molar refractivity (Wildman–Crippen MR) is 163 cm³/mol. The topological polar surface area (TPSA) is 82.2 Å². The SMILES string of the molecule is CCCCN1C(=O)[C@H](CC(C)C)NC(=O)C12CCN(Cc1ccc(Oc3ccc(C(=O)N4CCCC4)cc3)cc1)CC2. The van der Waals surface area contributed by atoms with E-state index in [1.165, 1.54) is 5.56 Å². The number of hydrogen-bond acceptors (Lipinski definition) is 5. The number of piperazine rings is 1. The van der Waals surface area contributed by atoms with Crippen molar-refractivity contribution in [1.29, 1.82) is 0 Å². The molecule has 3 aliphatic heterocycles. The van der Waals surface area contributed by atoms with Crippen molar-refractivity contribution in [1.82, 2.24) is 20.0 Å². The molecule has 2 aromatic rings. The molecule has 1 N–H and O–H groups in total. The molecule has 3 aliphatic rings. The number of carbonyl (C=O) groups is 3. The number of benzene rings is 2. The zero-order valence-corrected chi connectivity index (χ0v) is 25.4. The van der Waals surface area contributed by atoms with E-state index >= 15 is 0 Å². The second-order valence-corrected chi connectivity index (χ2v) is 12.6. The van der Waals surface area contributed by atoms with E-state index in [0.29, 0.717) is 43.0 Å². The van der Waals surface area contributed by atoms with E-state index in [0.717, 1.165) is 64.2 Å². The van der Waals surface area contributed by atoms with Crippen LogP contribution in [0.4, 0.5) is 0 Å². The summed E-state index contributed by atoms with van der Waals surface area (Å²) < 4.78 is 6.04. The van der Waals surface area contributed by atoms with Crippen molar-refractivity contribution in [3.8, 4) is 11.5 Å². The van der Waals surface area contributed by atoms with Crippen molar-refractivity contribution in [3.05, 3.63) is 59.7 Å². The summed E-state index contributed by atoms with van der Waals surface area (Å²) >= 11 is 0. The minimum absolute atomic E-state index is 0.0263. The van der Waals surface area contributed by atoms with Crippen LogP contribution in [0.1, 0.15) is 81.6 Å². The minimum atomic E-state index is -0.734. The molecular formula is C34H46N4O4. The number of nitrogens with zero attached hydrogens (tertiary/aromatic N) is 3. The van der Waals surface area contributed by atoms with Crippen LogP contribution in [0.2, 0.25) is 0 Å². The van der Waals surface area contributed by atoms with Crippen LogP contribution in [0, 0.1) is 5.92 Å². The Kier molecular flexibility index (Phi) is 9.51. The first-order valence-corrected chi connectivity index (χ1v) is 15.8. The second kappa shape index (κ2) is 13.3. The van der Waals surface area contributed by atoms with E-state index in [9.17, 15) is 14.4 Å². The number of likely N-dealkylation sites (tertiary alicyclic amines) is 2. The third-order valence-corrected chi connectivity index (χ3v) is 8.99. The van der Waals surface area contributed by atoms with E-state index in [2.05, 4.69) is 43.1 Å². The predicted octanol–water partition coefficient (Wildman–Crippen LogP) is 5.22. The van der Waals surface area contributed by atoms with E-state index in [1.807, 2.05) is 46.2 Å². The molecule has 3 fully saturated rings. The Morgan fingerprint density at radius 2 is 1.57 bits per heavy atom. The Morgan fingerprint density at radius 1 is 0.952 bits per heavy atom. The lowest BCUT2D eigenvalue weighted by Crippen LogP contribution is -2.73. The van der Waals surface area contributed by atoms with Crippen molar-refractivity contribution in [3.63, 3.8) is 0 Å². The molecule has 8 heteroatoms. The molecule has 8 nitrogen and oxygen atoms in total. The highest BCUT2D eigenvalue weighted by molar-refractivity contribution is 6.00. The second-order valence-electron chi connectivity index (χ2n) is 12.6. The number of piperidine rings is 1. The Hall–Kier alpha value is -3.39. The number of hydrogen-bond donors (Lipinski definition) is 1. The lowest BCUT2D eigenvalue weighted by molar-refractivity contribution is -0.161. The fourth-order valence-corrected chi connectivity index (χ4v) is 6.55. The standard InChI is InChI=1S/C34H46N4O4/c1-4-5-20-38-32(40)30(23-25(2)3)35-33(41)34(38)16-21-36(22-17-34)24-26-8-12-28(13-9-26)42-29-14-10-27(11-15-29)31(39)37-18-6-7-19-37/h8-15,25,30H,4-7,16-24H2,1-3H3,(H,35,41)/t30-/m0/s1. The monoisotopic (exact) mass is 574 g/mol. The van der Waals surface area contributed by atoms with Crippen LogP contribution in [0.25, 0.3) is 0 Å². The quantitative estimate of drug-likeness (QED) is 0.421. The van der Waals surface area contributed by atoms with Crippen LogP contribution in [0.5, 0.6) is 11.5 Å². The third-order valence-electron chi connectivity index (χ3n) is 8.99. The lowest BCUT2D eigenvalue weighted by Gasteiger charge is -2.52. The molecule has 0 aromatic heterocycles. The molecule has 0 radical (unpaired) electrons. The summed E-state index contributed by atoms with van der Waals surface area (Å²) in [6.07, 6.45) is 6.05.